The number of benzene rings is 1. The molecule has 1 aliphatic rings. The van der Waals surface area contributed by atoms with E-state index in [1.54, 1.807) is 10.7 Å². The fourth-order valence-electron chi connectivity index (χ4n) is 2.34. The second kappa shape index (κ2) is 5.22. The number of hydrogen-bond donors (Lipinski definition) is 2. The molecule has 20 heavy (non-hydrogen) atoms. The molecule has 0 amide bonds. The minimum atomic E-state index is -0.831. The summed E-state index contributed by atoms with van der Waals surface area (Å²) in [6, 6.07) is 6.88. The molecule has 2 atom stereocenters. The first-order valence-electron chi connectivity index (χ1n) is 6.27. The van der Waals surface area contributed by atoms with Gasteiger partial charge in [0, 0.05) is 17.1 Å². The third-order valence-electron chi connectivity index (χ3n) is 3.41. The summed E-state index contributed by atoms with van der Waals surface area (Å²) in [5.41, 5.74) is 1.62. The Morgan fingerprint density at radius 3 is 3.05 bits per heavy atom. The van der Waals surface area contributed by atoms with Gasteiger partial charge in [0.2, 0.25) is 0 Å². The number of rotatable bonds is 3. The summed E-state index contributed by atoms with van der Waals surface area (Å²) >= 11 is 5.95. The zero-order chi connectivity index (χ0) is 14.1. The van der Waals surface area contributed by atoms with Gasteiger partial charge in [0.15, 0.2) is 0 Å². The number of aromatic nitrogens is 3. The van der Waals surface area contributed by atoms with Crippen molar-refractivity contribution in [2.75, 3.05) is 6.54 Å². The second-order valence-corrected chi connectivity index (χ2v) is 5.22. The zero-order valence-corrected chi connectivity index (χ0v) is 11.3. The number of aliphatic carboxylic acids is 1. The summed E-state index contributed by atoms with van der Waals surface area (Å²) in [4.78, 5) is 10.9. The SMILES string of the molecule is O=C(O)[C@@H]1C[C@H](n2cc(-c3cccc(Cl)c3)nn2)CN1. The molecule has 1 aromatic heterocycles. The van der Waals surface area contributed by atoms with E-state index < -0.39 is 12.0 Å². The van der Waals surface area contributed by atoms with Crippen LogP contribution in [0.5, 0.6) is 0 Å². The summed E-state index contributed by atoms with van der Waals surface area (Å²) in [7, 11) is 0. The van der Waals surface area contributed by atoms with Gasteiger partial charge in [-0.25, -0.2) is 4.68 Å². The summed E-state index contributed by atoms with van der Waals surface area (Å²) < 4.78 is 1.71. The monoisotopic (exact) mass is 292 g/mol. The molecule has 0 aliphatic carbocycles. The number of nitrogens with zero attached hydrogens (tertiary/aromatic N) is 3. The Kier molecular flexibility index (Phi) is 3.42. The smallest absolute Gasteiger partial charge is 0.320 e. The predicted molar refractivity (Wildman–Crippen MR) is 73.5 cm³/mol. The third kappa shape index (κ3) is 2.52. The molecule has 2 N–H and O–H groups in total. The van der Waals surface area contributed by atoms with Gasteiger partial charge >= 0.3 is 5.97 Å². The van der Waals surface area contributed by atoms with Gasteiger partial charge in [-0.1, -0.05) is 28.9 Å². The Morgan fingerprint density at radius 1 is 1.50 bits per heavy atom. The van der Waals surface area contributed by atoms with E-state index in [0.717, 1.165) is 11.3 Å². The van der Waals surface area contributed by atoms with Crippen molar-refractivity contribution in [2.45, 2.75) is 18.5 Å². The molecule has 0 radical (unpaired) electrons. The van der Waals surface area contributed by atoms with E-state index >= 15 is 0 Å². The molecule has 1 aliphatic heterocycles. The average Bonchev–Trinajstić information content (AvgIpc) is 3.08. The third-order valence-corrected chi connectivity index (χ3v) is 3.65. The second-order valence-electron chi connectivity index (χ2n) is 4.78. The Hall–Kier alpha value is -1.92. The predicted octanol–water partition coefficient (Wildman–Crippen LogP) is 1.59. The number of carbonyl (C=O) groups is 1. The topological polar surface area (TPSA) is 80.0 Å². The minimum absolute atomic E-state index is 0.0107. The van der Waals surface area contributed by atoms with Gasteiger partial charge in [-0.3, -0.25) is 4.79 Å². The van der Waals surface area contributed by atoms with Gasteiger partial charge in [0.1, 0.15) is 11.7 Å². The molecule has 104 valence electrons. The number of carboxylic acids is 1. The summed E-state index contributed by atoms with van der Waals surface area (Å²) in [6.07, 6.45) is 2.33. The molecular weight excluding hydrogens is 280 g/mol. The highest BCUT2D eigenvalue weighted by molar-refractivity contribution is 6.30. The van der Waals surface area contributed by atoms with E-state index in [1.165, 1.54) is 0 Å². The van der Waals surface area contributed by atoms with E-state index in [4.69, 9.17) is 16.7 Å². The number of halogens is 1. The Balaban J connectivity index is 1.79. The van der Waals surface area contributed by atoms with Gasteiger partial charge in [0.25, 0.3) is 0 Å². The van der Waals surface area contributed by atoms with Crippen LogP contribution in [0.4, 0.5) is 0 Å². The van der Waals surface area contributed by atoms with Crippen LogP contribution in [0.2, 0.25) is 5.02 Å². The molecule has 6 nitrogen and oxygen atoms in total. The van der Waals surface area contributed by atoms with Crippen molar-refractivity contribution < 1.29 is 9.90 Å². The average molecular weight is 293 g/mol. The molecule has 2 aromatic rings. The van der Waals surface area contributed by atoms with Crippen molar-refractivity contribution in [2.24, 2.45) is 0 Å². The first-order valence-corrected chi connectivity index (χ1v) is 6.65. The maximum atomic E-state index is 10.9. The van der Waals surface area contributed by atoms with Gasteiger partial charge in [-0.15, -0.1) is 5.10 Å². The van der Waals surface area contributed by atoms with Crippen molar-refractivity contribution in [3.05, 3.63) is 35.5 Å². The molecule has 0 saturated carbocycles. The molecular formula is C13H13ClN4O2. The van der Waals surface area contributed by atoms with Crippen LogP contribution in [0, 0.1) is 0 Å². The molecule has 3 rings (SSSR count). The van der Waals surface area contributed by atoms with Crippen molar-refractivity contribution in [3.63, 3.8) is 0 Å². The molecule has 2 heterocycles. The minimum Gasteiger partial charge on any atom is -0.480 e. The van der Waals surface area contributed by atoms with Crippen LogP contribution in [-0.2, 0) is 4.79 Å². The van der Waals surface area contributed by atoms with Crippen LogP contribution in [0.3, 0.4) is 0 Å². The lowest BCUT2D eigenvalue weighted by Crippen LogP contribution is -2.29. The van der Waals surface area contributed by atoms with Crippen LogP contribution in [0.25, 0.3) is 11.3 Å². The Labute approximate surface area is 120 Å². The highest BCUT2D eigenvalue weighted by atomic mass is 35.5. The zero-order valence-electron chi connectivity index (χ0n) is 10.5. The van der Waals surface area contributed by atoms with Crippen LogP contribution in [-0.4, -0.2) is 38.7 Å². The molecule has 0 spiro atoms. The molecule has 1 saturated heterocycles. The summed E-state index contributed by atoms with van der Waals surface area (Å²) in [5, 5.41) is 20.8. The highest BCUT2D eigenvalue weighted by Crippen LogP contribution is 2.24. The molecule has 7 heteroatoms. The van der Waals surface area contributed by atoms with Crippen LogP contribution in [0.1, 0.15) is 12.5 Å². The van der Waals surface area contributed by atoms with Crippen molar-refractivity contribution in [1.82, 2.24) is 20.3 Å². The first kappa shape index (κ1) is 13.1. The maximum absolute atomic E-state index is 10.9. The van der Waals surface area contributed by atoms with Crippen LogP contribution in [0.15, 0.2) is 30.5 Å². The fraction of sp³-hybridized carbons (Fsp3) is 0.308. The van der Waals surface area contributed by atoms with Crippen molar-refractivity contribution in [1.29, 1.82) is 0 Å². The quantitative estimate of drug-likeness (QED) is 0.898. The molecule has 1 fully saturated rings. The lowest BCUT2D eigenvalue weighted by Gasteiger charge is -2.07. The van der Waals surface area contributed by atoms with Gasteiger partial charge in [0.05, 0.1) is 12.2 Å². The highest BCUT2D eigenvalue weighted by Gasteiger charge is 2.30. The molecule has 0 unspecified atom stereocenters. The maximum Gasteiger partial charge on any atom is 0.320 e. The lowest BCUT2D eigenvalue weighted by atomic mass is 10.1. The first-order chi connectivity index (χ1) is 9.63. The number of nitrogens with one attached hydrogen (secondary N) is 1. The van der Waals surface area contributed by atoms with E-state index in [9.17, 15) is 4.79 Å². The Morgan fingerprint density at radius 2 is 2.35 bits per heavy atom. The van der Waals surface area contributed by atoms with Crippen LogP contribution >= 0.6 is 11.6 Å². The van der Waals surface area contributed by atoms with Crippen molar-refractivity contribution in [3.8, 4) is 11.3 Å². The van der Waals surface area contributed by atoms with Crippen molar-refractivity contribution >= 4 is 17.6 Å². The standard InChI is InChI=1S/C13H13ClN4O2/c14-9-3-1-2-8(4-9)12-7-18(17-16-12)10-5-11(13(19)20)15-6-10/h1-4,7,10-11,15H,5-6H2,(H,19,20)/t10-,11-/m0/s1. The van der Waals surface area contributed by atoms with Crippen LogP contribution < -0.4 is 5.32 Å². The summed E-state index contributed by atoms with van der Waals surface area (Å²) in [5.74, 6) is -0.831. The number of carboxylic acid groups (broad SMARTS) is 1. The fourth-order valence-corrected chi connectivity index (χ4v) is 2.53. The largest absolute Gasteiger partial charge is 0.480 e. The number of hydrogen-bond acceptors (Lipinski definition) is 4. The van der Waals surface area contributed by atoms with E-state index in [1.807, 2.05) is 24.4 Å². The van der Waals surface area contributed by atoms with Gasteiger partial charge in [-0.05, 0) is 18.6 Å². The normalized spacial score (nSPS) is 22.1. The molecule has 1 aromatic carbocycles. The van der Waals surface area contributed by atoms with Gasteiger partial charge in [-0.2, -0.15) is 0 Å². The summed E-state index contributed by atoms with van der Waals surface area (Å²) in [6.45, 7) is 0.579. The van der Waals surface area contributed by atoms with Gasteiger partial charge < -0.3 is 10.4 Å². The molecule has 0 bridgehead atoms. The van der Waals surface area contributed by atoms with E-state index in [0.29, 0.717) is 18.0 Å². The lowest BCUT2D eigenvalue weighted by molar-refractivity contribution is -0.139. The Bertz CT molecular complexity index is 643. The van der Waals surface area contributed by atoms with E-state index in [2.05, 4.69) is 15.6 Å². The van der Waals surface area contributed by atoms with E-state index in [-0.39, 0.29) is 6.04 Å².